The predicted molar refractivity (Wildman–Crippen MR) is 68.1 cm³/mol. The molecule has 18 heavy (non-hydrogen) atoms. The minimum absolute atomic E-state index is 0.182. The van der Waals surface area contributed by atoms with Gasteiger partial charge in [-0.2, -0.15) is 5.26 Å². The van der Waals surface area contributed by atoms with Crippen molar-refractivity contribution in [3.8, 4) is 6.07 Å². The normalized spacial score (nSPS) is 25.3. The number of carbonyl (C=O) groups excluding carboxylic acids is 1. The maximum absolute atomic E-state index is 11.4. The van der Waals surface area contributed by atoms with Gasteiger partial charge in [-0.3, -0.25) is 4.79 Å². The van der Waals surface area contributed by atoms with Gasteiger partial charge in [0.1, 0.15) is 0 Å². The Bertz CT molecular complexity index is 517. The van der Waals surface area contributed by atoms with Crippen LogP contribution in [-0.2, 0) is 4.79 Å². The lowest BCUT2D eigenvalue weighted by atomic mass is 10.2. The molecule has 3 rings (SSSR count). The van der Waals surface area contributed by atoms with Gasteiger partial charge in [0.2, 0.25) is 5.91 Å². The first kappa shape index (κ1) is 11.1. The van der Waals surface area contributed by atoms with Crippen LogP contribution in [0.2, 0.25) is 0 Å². The minimum Gasteiger partial charge on any atom is -0.365 e. The molecule has 92 valence electrons. The summed E-state index contributed by atoms with van der Waals surface area (Å²) in [6.07, 6.45) is 1.07. The Morgan fingerprint density at radius 3 is 2.50 bits per heavy atom. The fourth-order valence-corrected chi connectivity index (χ4v) is 3.10. The number of hydrogen-bond acceptors (Lipinski definition) is 3. The van der Waals surface area contributed by atoms with Gasteiger partial charge in [-0.15, -0.1) is 0 Å². The van der Waals surface area contributed by atoms with Crippen LogP contribution in [0.4, 0.5) is 5.69 Å². The largest absolute Gasteiger partial charge is 0.365 e. The fourth-order valence-electron chi connectivity index (χ4n) is 3.10. The molecule has 4 nitrogen and oxygen atoms in total. The van der Waals surface area contributed by atoms with E-state index in [2.05, 4.69) is 11.0 Å². The molecule has 2 fully saturated rings. The van der Waals surface area contributed by atoms with Crippen molar-refractivity contribution >= 4 is 11.6 Å². The molecule has 0 N–H and O–H groups in total. The number of likely N-dealkylation sites (tertiary alicyclic amines) is 1. The van der Waals surface area contributed by atoms with Crippen molar-refractivity contribution < 1.29 is 4.79 Å². The van der Waals surface area contributed by atoms with E-state index in [-0.39, 0.29) is 5.91 Å². The van der Waals surface area contributed by atoms with Crippen LogP contribution in [0.5, 0.6) is 0 Å². The molecule has 2 heterocycles. The lowest BCUT2D eigenvalue weighted by Crippen LogP contribution is -2.48. The van der Waals surface area contributed by atoms with Crippen molar-refractivity contribution in [3.05, 3.63) is 29.8 Å². The summed E-state index contributed by atoms with van der Waals surface area (Å²) in [6.45, 7) is 3.39. The number of anilines is 1. The second kappa shape index (κ2) is 4.02. The van der Waals surface area contributed by atoms with Crippen molar-refractivity contribution in [3.63, 3.8) is 0 Å². The van der Waals surface area contributed by atoms with Crippen LogP contribution in [0, 0.1) is 11.3 Å². The molecular weight excluding hydrogens is 226 g/mol. The van der Waals surface area contributed by atoms with Crippen LogP contribution in [0.3, 0.4) is 0 Å². The number of fused-ring (bicyclic) bond motifs is 2. The second-order valence-electron chi connectivity index (χ2n) is 5.03. The van der Waals surface area contributed by atoms with Crippen LogP contribution in [0.1, 0.15) is 18.9 Å². The summed E-state index contributed by atoms with van der Waals surface area (Å²) in [6, 6.07) is 10.6. The van der Waals surface area contributed by atoms with Crippen molar-refractivity contribution in [2.45, 2.75) is 25.4 Å². The summed E-state index contributed by atoms with van der Waals surface area (Å²) in [5, 5.41) is 8.79. The Hall–Kier alpha value is -2.02. The topological polar surface area (TPSA) is 47.3 Å². The van der Waals surface area contributed by atoms with Crippen molar-refractivity contribution in [1.29, 1.82) is 5.26 Å². The molecule has 1 amide bonds. The molecule has 1 aromatic carbocycles. The molecule has 0 aliphatic carbocycles. The first-order valence-electron chi connectivity index (χ1n) is 6.23. The van der Waals surface area contributed by atoms with Crippen LogP contribution >= 0.6 is 0 Å². The zero-order valence-corrected chi connectivity index (χ0v) is 10.3. The van der Waals surface area contributed by atoms with Crippen molar-refractivity contribution in [2.24, 2.45) is 0 Å². The van der Waals surface area contributed by atoms with E-state index >= 15 is 0 Å². The number of carbonyl (C=O) groups is 1. The lowest BCUT2D eigenvalue weighted by Gasteiger charge is -2.35. The highest BCUT2D eigenvalue weighted by atomic mass is 16.2. The molecule has 0 spiro atoms. The highest BCUT2D eigenvalue weighted by molar-refractivity contribution is 5.75. The number of nitriles is 1. The monoisotopic (exact) mass is 241 g/mol. The van der Waals surface area contributed by atoms with Gasteiger partial charge in [0.25, 0.3) is 0 Å². The molecule has 2 atom stereocenters. The van der Waals surface area contributed by atoms with E-state index in [1.54, 1.807) is 6.92 Å². The van der Waals surface area contributed by atoms with Crippen LogP contribution in [0.25, 0.3) is 0 Å². The molecule has 2 saturated heterocycles. The number of piperazine rings is 1. The molecule has 0 aromatic heterocycles. The number of hydrogen-bond donors (Lipinski definition) is 0. The lowest BCUT2D eigenvalue weighted by molar-refractivity contribution is -0.129. The Morgan fingerprint density at radius 1 is 1.28 bits per heavy atom. The third-order valence-corrected chi connectivity index (χ3v) is 3.97. The zero-order chi connectivity index (χ0) is 12.7. The third kappa shape index (κ3) is 1.63. The Labute approximate surface area is 106 Å². The standard InChI is InChI=1S/C14H15N3O/c1-10(18)16-8-14-6-13(16)9-17(14)12-4-2-11(7-15)3-5-12/h2-5,13-14H,6,8-9H2,1H3. The van der Waals surface area contributed by atoms with Crippen LogP contribution in [-0.4, -0.2) is 36.0 Å². The van der Waals surface area contributed by atoms with Gasteiger partial charge < -0.3 is 9.80 Å². The molecule has 2 aliphatic rings. The number of amides is 1. The van der Waals surface area contributed by atoms with Crippen LogP contribution in [0.15, 0.2) is 24.3 Å². The van der Waals surface area contributed by atoms with E-state index in [4.69, 9.17) is 5.26 Å². The first-order chi connectivity index (χ1) is 8.69. The molecule has 2 aliphatic heterocycles. The number of benzene rings is 1. The Morgan fingerprint density at radius 2 is 2.00 bits per heavy atom. The number of nitrogens with zero attached hydrogens (tertiary/aromatic N) is 3. The summed E-state index contributed by atoms with van der Waals surface area (Å²) >= 11 is 0. The first-order valence-corrected chi connectivity index (χ1v) is 6.23. The van der Waals surface area contributed by atoms with Gasteiger partial charge in [-0.05, 0) is 30.7 Å². The summed E-state index contributed by atoms with van der Waals surface area (Å²) in [4.78, 5) is 15.8. The van der Waals surface area contributed by atoms with E-state index in [1.807, 2.05) is 29.2 Å². The maximum atomic E-state index is 11.4. The maximum Gasteiger partial charge on any atom is 0.219 e. The Kier molecular flexibility index (Phi) is 2.48. The highest BCUT2D eigenvalue weighted by Gasteiger charge is 2.44. The second-order valence-corrected chi connectivity index (χ2v) is 5.03. The molecule has 0 saturated carbocycles. The fraction of sp³-hybridized carbons (Fsp3) is 0.429. The van der Waals surface area contributed by atoms with E-state index < -0.39 is 0 Å². The van der Waals surface area contributed by atoms with Gasteiger partial charge in [0.15, 0.2) is 0 Å². The van der Waals surface area contributed by atoms with Gasteiger partial charge in [-0.25, -0.2) is 0 Å². The van der Waals surface area contributed by atoms with E-state index in [0.717, 1.165) is 25.2 Å². The summed E-state index contributed by atoms with van der Waals surface area (Å²) in [5.41, 5.74) is 1.85. The van der Waals surface area contributed by atoms with Gasteiger partial charge in [0, 0.05) is 31.7 Å². The SMILES string of the molecule is CC(=O)N1CC2CC1CN2c1ccc(C#N)cc1. The summed E-state index contributed by atoms with van der Waals surface area (Å²) < 4.78 is 0. The smallest absolute Gasteiger partial charge is 0.219 e. The third-order valence-electron chi connectivity index (χ3n) is 3.97. The minimum atomic E-state index is 0.182. The zero-order valence-electron chi connectivity index (χ0n) is 10.3. The van der Waals surface area contributed by atoms with E-state index in [9.17, 15) is 4.79 Å². The van der Waals surface area contributed by atoms with Crippen molar-refractivity contribution in [1.82, 2.24) is 4.90 Å². The molecule has 1 aromatic rings. The van der Waals surface area contributed by atoms with E-state index in [0.29, 0.717) is 17.6 Å². The van der Waals surface area contributed by atoms with Gasteiger partial charge in [-0.1, -0.05) is 0 Å². The molecule has 0 radical (unpaired) electrons. The summed E-state index contributed by atoms with van der Waals surface area (Å²) in [7, 11) is 0. The molecule has 4 heteroatoms. The van der Waals surface area contributed by atoms with Crippen molar-refractivity contribution in [2.75, 3.05) is 18.0 Å². The highest BCUT2D eigenvalue weighted by Crippen LogP contribution is 2.34. The average Bonchev–Trinajstić information content (AvgIpc) is 2.98. The molecular formula is C14H15N3O. The van der Waals surface area contributed by atoms with Crippen LogP contribution < -0.4 is 4.90 Å². The molecule has 2 unspecified atom stereocenters. The van der Waals surface area contributed by atoms with Gasteiger partial charge in [0.05, 0.1) is 17.7 Å². The summed E-state index contributed by atoms with van der Waals surface area (Å²) in [5.74, 6) is 0.182. The molecule has 2 bridgehead atoms. The predicted octanol–water partition coefficient (Wildman–Crippen LogP) is 1.37. The average molecular weight is 241 g/mol. The number of rotatable bonds is 1. The quantitative estimate of drug-likeness (QED) is 0.746. The van der Waals surface area contributed by atoms with Gasteiger partial charge >= 0.3 is 0 Å². The van der Waals surface area contributed by atoms with E-state index in [1.165, 1.54) is 0 Å². The Balaban J connectivity index is 1.77.